The molecule has 0 saturated heterocycles. The van der Waals surface area contributed by atoms with Gasteiger partial charge in [-0.05, 0) is 38.0 Å². The number of rotatable bonds is 4. The second-order valence-corrected chi connectivity index (χ2v) is 5.47. The van der Waals surface area contributed by atoms with Crippen molar-refractivity contribution in [3.8, 4) is 0 Å². The van der Waals surface area contributed by atoms with Gasteiger partial charge in [-0.25, -0.2) is 0 Å². The second kappa shape index (κ2) is 6.11. The van der Waals surface area contributed by atoms with Gasteiger partial charge in [0.1, 0.15) is 5.54 Å². The van der Waals surface area contributed by atoms with Crippen LogP contribution in [0.2, 0.25) is 0 Å². The van der Waals surface area contributed by atoms with Gasteiger partial charge in [0.2, 0.25) is 0 Å². The van der Waals surface area contributed by atoms with E-state index in [0.29, 0.717) is 18.8 Å². The monoisotopic (exact) mass is 281 g/mol. The molecule has 6 heteroatoms. The highest BCUT2D eigenvalue weighted by atomic mass is 19.4. The van der Waals surface area contributed by atoms with Crippen LogP contribution in [0.5, 0.6) is 0 Å². The van der Waals surface area contributed by atoms with Gasteiger partial charge in [0.05, 0.1) is 13.2 Å². The Kier molecular flexibility index (Phi) is 5.24. The third kappa shape index (κ3) is 4.37. The number of carbonyl (C=O) groups excluding carboxylic acids is 1. The largest absolute Gasteiger partial charge is 0.465 e. The zero-order valence-electron chi connectivity index (χ0n) is 11.6. The van der Waals surface area contributed by atoms with Crippen molar-refractivity contribution in [1.82, 2.24) is 5.32 Å². The standard InChI is InChI=1S/C13H22F3NO2/c1-4-19-11(18)12(17-8-13(14,15)16)6-5-9(2)10(3)7-12/h9-10,17H,4-8H2,1-3H3. The molecular formula is C13H22F3NO2. The van der Waals surface area contributed by atoms with Crippen LogP contribution in [0.4, 0.5) is 13.2 Å². The summed E-state index contributed by atoms with van der Waals surface area (Å²) in [4.78, 5) is 12.0. The highest BCUT2D eigenvalue weighted by Crippen LogP contribution is 2.37. The molecule has 0 spiro atoms. The predicted molar refractivity (Wildman–Crippen MR) is 65.6 cm³/mol. The van der Waals surface area contributed by atoms with Crippen molar-refractivity contribution in [2.45, 2.75) is 51.7 Å². The summed E-state index contributed by atoms with van der Waals surface area (Å²) in [5.41, 5.74) is -1.18. The smallest absolute Gasteiger partial charge is 0.401 e. The third-order valence-corrected chi connectivity index (χ3v) is 3.96. The van der Waals surface area contributed by atoms with Crippen molar-refractivity contribution >= 4 is 5.97 Å². The molecule has 0 aromatic rings. The third-order valence-electron chi connectivity index (χ3n) is 3.96. The lowest BCUT2D eigenvalue weighted by Gasteiger charge is -2.41. The maximum atomic E-state index is 12.4. The van der Waals surface area contributed by atoms with E-state index < -0.39 is 24.2 Å². The van der Waals surface area contributed by atoms with Gasteiger partial charge in [-0.2, -0.15) is 13.2 Å². The van der Waals surface area contributed by atoms with Crippen molar-refractivity contribution in [2.75, 3.05) is 13.2 Å². The van der Waals surface area contributed by atoms with E-state index in [2.05, 4.69) is 12.2 Å². The topological polar surface area (TPSA) is 38.3 Å². The minimum Gasteiger partial charge on any atom is -0.465 e. The van der Waals surface area contributed by atoms with Gasteiger partial charge >= 0.3 is 12.1 Å². The number of carbonyl (C=O) groups is 1. The first kappa shape index (κ1) is 16.3. The summed E-state index contributed by atoms with van der Waals surface area (Å²) in [6, 6.07) is 0. The van der Waals surface area contributed by atoms with Gasteiger partial charge in [0.15, 0.2) is 0 Å². The fourth-order valence-electron chi connectivity index (χ4n) is 2.57. The Hall–Kier alpha value is -0.780. The number of halogens is 3. The van der Waals surface area contributed by atoms with Crippen LogP contribution in [0.1, 0.15) is 40.0 Å². The first-order valence-electron chi connectivity index (χ1n) is 6.69. The summed E-state index contributed by atoms with van der Waals surface area (Å²) in [7, 11) is 0. The number of hydrogen-bond acceptors (Lipinski definition) is 3. The first-order chi connectivity index (χ1) is 8.70. The maximum Gasteiger partial charge on any atom is 0.401 e. The molecule has 1 saturated carbocycles. The van der Waals surface area contributed by atoms with Crippen LogP contribution >= 0.6 is 0 Å². The zero-order valence-corrected chi connectivity index (χ0v) is 11.6. The normalized spacial score (nSPS) is 32.1. The van der Waals surface area contributed by atoms with Gasteiger partial charge in [0.25, 0.3) is 0 Å². The minimum absolute atomic E-state index is 0.179. The minimum atomic E-state index is -4.33. The summed E-state index contributed by atoms with van der Waals surface area (Å²) >= 11 is 0. The average molecular weight is 281 g/mol. The van der Waals surface area contributed by atoms with E-state index in [1.807, 2.05) is 6.92 Å². The Morgan fingerprint density at radius 2 is 2.00 bits per heavy atom. The van der Waals surface area contributed by atoms with Crippen molar-refractivity contribution in [2.24, 2.45) is 11.8 Å². The molecule has 0 aliphatic heterocycles. The number of hydrogen-bond donors (Lipinski definition) is 1. The van der Waals surface area contributed by atoms with E-state index in [0.717, 1.165) is 6.42 Å². The zero-order chi connectivity index (χ0) is 14.7. The summed E-state index contributed by atoms with van der Waals surface area (Å²) in [5.74, 6) is 0.0483. The van der Waals surface area contributed by atoms with Crippen molar-refractivity contribution in [3.63, 3.8) is 0 Å². The molecule has 0 aromatic heterocycles. The fraction of sp³-hybridized carbons (Fsp3) is 0.923. The maximum absolute atomic E-state index is 12.4. The Bertz CT molecular complexity index is 320. The Balaban J connectivity index is 2.82. The van der Waals surface area contributed by atoms with Crippen LogP contribution in [-0.4, -0.2) is 30.8 Å². The van der Waals surface area contributed by atoms with E-state index in [1.165, 1.54) is 0 Å². The van der Waals surface area contributed by atoms with Crippen LogP contribution in [0, 0.1) is 11.8 Å². The summed E-state index contributed by atoms with van der Waals surface area (Å²) < 4.78 is 42.1. The van der Waals surface area contributed by atoms with Crippen LogP contribution in [0.3, 0.4) is 0 Å². The van der Waals surface area contributed by atoms with Crippen molar-refractivity contribution in [3.05, 3.63) is 0 Å². The fourth-order valence-corrected chi connectivity index (χ4v) is 2.57. The molecule has 3 unspecified atom stereocenters. The summed E-state index contributed by atoms with van der Waals surface area (Å²) in [6.07, 6.45) is -2.81. The molecule has 1 rings (SSSR count). The number of ether oxygens (including phenoxy) is 1. The lowest BCUT2D eigenvalue weighted by Crippen LogP contribution is -2.58. The van der Waals surface area contributed by atoms with Crippen LogP contribution < -0.4 is 5.32 Å². The molecule has 0 aromatic carbocycles. The molecule has 0 amide bonds. The van der Waals surface area contributed by atoms with Crippen LogP contribution in [0.15, 0.2) is 0 Å². The SMILES string of the molecule is CCOC(=O)C1(NCC(F)(F)F)CCC(C)C(C)C1. The van der Waals surface area contributed by atoms with E-state index in [1.54, 1.807) is 6.92 Å². The van der Waals surface area contributed by atoms with E-state index >= 15 is 0 Å². The molecule has 1 aliphatic carbocycles. The van der Waals surface area contributed by atoms with Gasteiger partial charge in [0, 0.05) is 0 Å². The van der Waals surface area contributed by atoms with E-state index in [4.69, 9.17) is 4.74 Å². The highest BCUT2D eigenvalue weighted by Gasteiger charge is 2.46. The van der Waals surface area contributed by atoms with Gasteiger partial charge < -0.3 is 4.74 Å². The van der Waals surface area contributed by atoms with Gasteiger partial charge in [-0.15, -0.1) is 0 Å². The van der Waals surface area contributed by atoms with Gasteiger partial charge in [-0.1, -0.05) is 13.8 Å². The molecule has 112 valence electrons. The molecule has 3 atom stereocenters. The predicted octanol–water partition coefficient (Wildman–Crippen LogP) is 2.90. The van der Waals surface area contributed by atoms with Crippen LogP contribution in [-0.2, 0) is 9.53 Å². The molecule has 1 aliphatic rings. The molecule has 1 N–H and O–H groups in total. The quantitative estimate of drug-likeness (QED) is 0.805. The number of esters is 1. The van der Waals surface area contributed by atoms with Crippen molar-refractivity contribution in [1.29, 1.82) is 0 Å². The Morgan fingerprint density at radius 1 is 1.37 bits per heavy atom. The summed E-state index contributed by atoms with van der Waals surface area (Å²) in [6.45, 7) is 4.70. The molecule has 3 nitrogen and oxygen atoms in total. The van der Waals surface area contributed by atoms with Gasteiger partial charge in [-0.3, -0.25) is 10.1 Å². The summed E-state index contributed by atoms with van der Waals surface area (Å²) in [5, 5.41) is 2.41. The molecule has 0 heterocycles. The molecular weight excluding hydrogens is 259 g/mol. The molecule has 0 bridgehead atoms. The molecule has 0 radical (unpaired) electrons. The number of nitrogens with one attached hydrogen (secondary N) is 1. The van der Waals surface area contributed by atoms with Crippen molar-refractivity contribution < 1.29 is 22.7 Å². The average Bonchev–Trinajstić information content (AvgIpc) is 2.30. The molecule has 1 fully saturated rings. The highest BCUT2D eigenvalue weighted by molar-refractivity contribution is 5.81. The van der Waals surface area contributed by atoms with Crippen LogP contribution in [0.25, 0.3) is 0 Å². The lowest BCUT2D eigenvalue weighted by molar-refractivity contribution is -0.159. The Morgan fingerprint density at radius 3 is 2.47 bits per heavy atom. The lowest BCUT2D eigenvalue weighted by atomic mass is 9.71. The van der Waals surface area contributed by atoms with E-state index in [9.17, 15) is 18.0 Å². The molecule has 19 heavy (non-hydrogen) atoms. The Labute approximate surface area is 111 Å². The van der Waals surface area contributed by atoms with E-state index in [-0.39, 0.29) is 12.5 Å². The number of alkyl halides is 3. The second-order valence-electron chi connectivity index (χ2n) is 5.47. The first-order valence-corrected chi connectivity index (χ1v) is 6.69.